The summed E-state index contributed by atoms with van der Waals surface area (Å²) in [5, 5.41) is 1.67. The van der Waals surface area contributed by atoms with E-state index in [4.69, 9.17) is 4.74 Å². The van der Waals surface area contributed by atoms with Crippen LogP contribution >= 0.6 is 0 Å². The van der Waals surface area contributed by atoms with Crippen molar-refractivity contribution in [3.8, 4) is 11.5 Å². The summed E-state index contributed by atoms with van der Waals surface area (Å²) in [6.45, 7) is 7.89. The lowest BCUT2D eigenvalue weighted by Gasteiger charge is -2.34. The van der Waals surface area contributed by atoms with Gasteiger partial charge in [-0.25, -0.2) is 0 Å². The van der Waals surface area contributed by atoms with Crippen LogP contribution in [-0.4, -0.2) is 30.3 Å². The topological polar surface area (TPSA) is 29.5 Å². The summed E-state index contributed by atoms with van der Waals surface area (Å²) < 4.78 is 44.3. The van der Waals surface area contributed by atoms with Gasteiger partial charge in [0.05, 0.1) is 5.56 Å². The summed E-state index contributed by atoms with van der Waals surface area (Å²) >= 11 is 0. The van der Waals surface area contributed by atoms with E-state index < -0.39 is 11.7 Å². The number of halogens is 3. The predicted molar refractivity (Wildman–Crippen MR) is 133 cm³/mol. The molecule has 0 saturated carbocycles. The summed E-state index contributed by atoms with van der Waals surface area (Å²) in [6, 6.07) is 15.7. The van der Waals surface area contributed by atoms with Gasteiger partial charge in [-0.3, -0.25) is 4.79 Å². The smallest absolute Gasteiger partial charge is 0.416 e. The Kier molecular flexibility index (Phi) is 7.80. The Morgan fingerprint density at radius 2 is 1.77 bits per heavy atom. The molecule has 1 aliphatic rings. The van der Waals surface area contributed by atoms with E-state index in [1.54, 1.807) is 6.07 Å². The standard InChI is InChI=1S/C29H32F3NO2/c1-3-33-17-15-21(16-18-33)20(2)7-14-27(34)23-8-13-26-22(19-23)5-4-6-28(26)35-25-11-9-24(10-12-25)29(30,31)32/h4-6,8-13,19-21H,3,7,14-18H2,1-2H3/t20-/m0/s1. The summed E-state index contributed by atoms with van der Waals surface area (Å²) in [7, 11) is 0. The SMILES string of the molecule is CCN1CCC([C@@H](C)CCC(=O)c2ccc3c(Oc4ccc(C(F)(F)F)cc4)cccc3c2)CC1. The molecule has 1 fully saturated rings. The van der Waals surface area contributed by atoms with Crippen LogP contribution in [0.3, 0.4) is 0 Å². The third-order valence-electron chi connectivity index (χ3n) is 7.28. The number of rotatable bonds is 8. The van der Waals surface area contributed by atoms with Gasteiger partial charge in [-0.15, -0.1) is 0 Å². The van der Waals surface area contributed by atoms with Gasteiger partial charge >= 0.3 is 6.18 Å². The van der Waals surface area contributed by atoms with Crippen LogP contribution in [0.1, 0.15) is 55.5 Å². The molecular formula is C29H32F3NO2. The zero-order chi connectivity index (χ0) is 25.0. The number of carbonyl (C=O) groups is 1. The van der Waals surface area contributed by atoms with Gasteiger partial charge in [0.25, 0.3) is 0 Å². The normalized spacial score (nSPS) is 16.4. The quantitative estimate of drug-likeness (QED) is 0.304. The molecule has 0 unspecified atom stereocenters. The Morgan fingerprint density at radius 3 is 2.43 bits per heavy atom. The van der Waals surface area contributed by atoms with Crippen molar-refractivity contribution in [1.29, 1.82) is 0 Å². The number of benzene rings is 3. The molecule has 0 N–H and O–H groups in total. The van der Waals surface area contributed by atoms with Gasteiger partial charge in [0.15, 0.2) is 5.78 Å². The van der Waals surface area contributed by atoms with Crippen LogP contribution in [0.15, 0.2) is 60.7 Å². The fourth-order valence-electron chi connectivity index (χ4n) is 4.93. The minimum Gasteiger partial charge on any atom is -0.457 e. The molecule has 0 spiro atoms. The number of ether oxygens (including phenoxy) is 1. The molecule has 0 bridgehead atoms. The zero-order valence-corrected chi connectivity index (χ0v) is 20.3. The van der Waals surface area contributed by atoms with Crippen LogP contribution in [0, 0.1) is 11.8 Å². The molecule has 35 heavy (non-hydrogen) atoms. The lowest BCUT2D eigenvalue weighted by atomic mass is 9.82. The number of Topliss-reactive ketones (excluding diaryl/α,β-unsaturated/α-hetero) is 1. The number of hydrogen-bond donors (Lipinski definition) is 0. The Bertz CT molecular complexity index is 1150. The third-order valence-corrected chi connectivity index (χ3v) is 7.28. The van der Waals surface area contributed by atoms with E-state index in [-0.39, 0.29) is 5.78 Å². The fourth-order valence-corrected chi connectivity index (χ4v) is 4.93. The van der Waals surface area contributed by atoms with Crippen LogP contribution in [0.2, 0.25) is 0 Å². The molecule has 1 saturated heterocycles. The first kappa shape index (κ1) is 25.2. The van der Waals surface area contributed by atoms with E-state index in [1.807, 2.05) is 30.3 Å². The highest BCUT2D eigenvalue weighted by Gasteiger charge is 2.30. The van der Waals surface area contributed by atoms with Crippen LogP contribution in [-0.2, 0) is 6.18 Å². The van der Waals surface area contributed by atoms with E-state index in [9.17, 15) is 18.0 Å². The molecule has 1 heterocycles. The lowest BCUT2D eigenvalue weighted by molar-refractivity contribution is -0.137. The van der Waals surface area contributed by atoms with Crippen molar-refractivity contribution < 1.29 is 22.7 Å². The van der Waals surface area contributed by atoms with Crippen LogP contribution in [0.4, 0.5) is 13.2 Å². The minimum absolute atomic E-state index is 0.138. The number of piperidine rings is 1. The monoisotopic (exact) mass is 483 g/mol. The van der Waals surface area contributed by atoms with Gasteiger partial charge in [-0.2, -0.15) is 13.2 Å². The molecule has 0 aromatic heterocycles. The van der Waals surface area contributed by atoms with E-state index in [1.165, 1.54) is 25.0 Å². The number of carbonyl (C=O) groups excluding carboxylic acids is 1. The second-order valence-electron chi connectivity index (χ2n) is 9.53. The van der Waals surface area contributed by atoms with Crippen LogP contribution in [0.5, 0.6) is 11.5 Å². The molecule has 186 valence electrons. The average molecular weight is 484 g/mol. The van der Waals surface area contributed by atoms with Gasteiger partial charge in [0.1, 0.15) is 11.5 Å². The molecule has 4 rings (SSSR count). The van der Waals surface area contributed by atoms with Crippen LogP contribution < -0.4 is 4.74 Å². The Labute approximate surface area is 204 Å². The fraction of sp³-hybridized carbons (Fsp3) is 0.414. The maximum absolute atomic E-state index is 12.9. The molecular weight excluding hydrogens is 451 g/mol. The van der Waals surface area contributed by atoms with Crippen molar-refractivity contribution in [3.05, 3.63) is 71.8 Å². The van der Waals surface area contributed by atoms with E-state index in [2.05, 4.69) is 18.7 Å². The van der Waals surface area contributed by atoms with Gasteiger partial charge < -0.3 is 9.64 Å². The van der Waals surface area contributed by atoms with E-state index >= 15 is 0 Å². The minimum atomic E-state index is -4.38. The van der Waals surface area contributed by atoms with Gasteiger partial charge in [-0.05, 0) is 98.6 Å². The predicted octanol–water partition coefficient (Wildman–Crippen LogP) is 7.98. The summed E-state index contributed by atoms with van der Waals surface area (Å²) in [4.78, 5) is 15.4. The first-order valence-corrected chi connectivity index (χ1v) is 12.4. The summed E-state index contributed by atoms with van der Waals surface area (Å²) in [6.07, 6.45) is -0.541. The first-order chi connectivity index (χ1) is 16.7. The van der Waals surface area contributed by atoms with Crippen molar-refractivity contribution in [3.63, 3.8) is 0 Å². The number of ketones is 1. The van der Waals surface area contributed by atoms with Crippen molar-refractivity contribution in [2.45, 2.75) is 45.7 Å². The summed E-state index contributed by atoms with van der Waals surface area (Å²) in [5.74, 6) is 2.21. The van der Waals surface area contributed by atoms with Crippen molar-refractivity contribution in [2.75, 3.05) is 19.6 Å². The largest absolute Gasteiger partial charge is 0.457 e. The lowest BCUT2D eigenvalue weighted by Crippen LogP contribution is -2.35. The molecule has 0 amide bonds. The highest BCUT2D eigenvalue weighted by molar-refractivity contribution is 6.01. The highest BCUT2D eigenvalue weighted by Crippen LogP contribution is 2.34. The van der Waals surface area contributed by atoms with Gasteiger partial charge in [0, 0.05) is 17.4 Å². The Morgan fingerprint density at radius 1 is 1.06 bits per heavy atom. The van der Waals surface area contributed by atoms with Gasteiger partial charge in [-0.1, -0.05) is 32.0 Å². The first-order valence-electron chi connectivity index (χ1n) is 12.4. The zero-order valence-electron chi connectivity index (χ0n) is 20.3. The molecule has 3 aromatic rings. The second kappa shape index (κ2) is 10.8. The summed E-state index contributed by atoms with van der Waals surface area (Å²) in [5.41, 5.74) is -0.0381. The highest BCUT2D eigenvalue weighted by atomic mass is 19.4. The Balaban J connectivity index is 1.40. The van der Waals surface area contributed by atoms with E-state index in [0.29, 0.717) is 35.3 Å². The molecule has 3 nitrogen and oxygen atoms in total. The molecule has 0 radical (unpaired) electrons. The maximum atomic E-state index is 12.9. The number of fused-ring (bicyclic) bond motifs is 1. The second-order valence-corrected chi connectivity index (χ2v) is 9.53. The van der Waals surface area contributed by atoms with E-state index in [0.717, 1.165) is 49.0 Å². The molecule has 6 heteroatoms. The Hall–Kier alpha value is -2.86. The number of alkyl halides is 3. The third kappa shape index (κ3) is 6.23. The number of nitrogens with zero attached hydrogens (tertiary/aromatic N) is 1. The van der Waals surface area contributed by atoms with Crippen molar-refractivity contribution in [1.82, 2.24) is 4.90 Å². The average Bonchev–Trinajstić information content (AvgIpc) is 2.86. The maximum Gasteiger partial charge on any atom is 0.416 e. The molecule has 0 aliphatic carbocycles. The van der Waals surface area contributed by atoms with Crippen molar-refractivity contribution >= 4 is 16.6 Å². The molecule has 1 aliphatic heterocycles. The number of likely N-dealkylation sites (tertiary alicyclic amines) is 1. The number of hydrogen-bond acceptors (Lipinski definition) is 3. The molecule has 1 atom stereocenters. The molecule has 3 aromatic carbocycles. The van der Waals surface area contributed by atoms with Crippen molar-refractivity contribution in [2.24, 2.45) is 11.8 Å². The van der Waals surface area contributed by atoms with Gasteiger partial charge in [0.2, 0.25) is 0 Å². The van der Waals surface area contributed by atoms with Crippen LogP contribution in [0.25, 0.3) is 10.8 Å².